The third kappa shape index (κ3) is 2.99. The molecule has 2 aliphatic rings. The molecule has 0 unspecified atom stereocenters. The van der Waals surface area contributed by atoms with Gasteiger partial charge in [0.25, 0.3) is 5.91 Å². The highest BCUT2D eigenvalue weighted by Gasteiger charge is 2.41. The van der Waals surface area contributed by atoms with E-state index in [0.717, 1.165) is 31.2 Å². The Morgan fingerprint density at radius 3 is 2.76 bits per heavy atom. The summed E-state index contributed by atoms with van der Waals surface area (Å²) in [7, 11) is 0. The predicted molar refractivity (Wildman–Crippen MR) is 93.1 cm³/mol. The van der Waals surface area contributed by atoms with E-state index < -0.39 is 0 Å². The number of aromatic nitrogens is 1. The van der Waals surface area contributed by atoms with E-state index in [2.05, 4.69) is 5.16 Å². The quantitative estimate of drug-likeness (QED) is 0.839. The number of amides is 1. The summed E-state index contributed by atoms with van der Waals surface area (Å²) in [6.45, 7) is 2.52. The molecule has 1 aliphatic carbocycles. The van der Waals surface area contributed by atoms with E-state index in [1.807, 2.05) is 36.1 Å². The predicted octanol–water partition coefficient (Wildman–Crippen LogP) is 3.62. The number of hydrogen-bond acceptors (Lipinski definition) is 4. The van der Waals surface area contributed by atoms with Crippen molar-refractivity contribution in [2.45, 2.75) is 45.1 Å². The van der Waals surface area contributed by atoms with Gasteiger partial charge in [-0.2, -0.15) is 0 Å². The maximum atomic E-state index is 13.0. The van der Waals surface area contributed by atoms with Gasteiger partial charge in [-0.1, -0.05) is 47.8 Å². The molecular weight excluding hydrogens is 316 g/mol. The molecule has 2 heterocycles. The van der Waals surface area contributed by atoms with Crippen LogP contribution in [0.4, 0.5) is 0 Å². The summed E-state index contributed by atoms with van der Waals surface area (Å²) in [5.41, 5.74) is 2.40. The lowest BCUT2D eigenvalue weighted by molar-refractivity contribution is -0.129. The topological polar surface area (TPSA) is 63.4 Å². The maximum absolute atomic E-state index is 13.0. The molecule has 2 fully saturated rings. The molecule has 130 valence electrons. The van der Waals surface area contributed by atoms with Gasteiger partial charge in [-0.05, 0) is 19.8 Å². The number of nitrogens with zero attached hydrogens (tertiary/aromatic N) is 2. The highest BCUT2D eigenvalue weighted by atomic mass is 16.5. The first-order chi connectivity index (χ1) is 12.1. The molecule has 0 N–H and O–H groups in total. The first-order valence-electron chi connectivity index (χ1n) is 9.01. The fourth-order valence-corrected chi connectivity index (χ4v) is 4.07. The fourth-order valence-electron chi connectivity index (χ4n) is 4.07. The maximum Gasteiger partial charge on any atom is 0.276 e. The third-order valence-corrected chi connectivity index (χ3v) is 5.47. The fraction of sp³-hybridized carbons (Fsp3) is 0.450. The Labute approximate surface area is 147 Å². The van der Waals surface area contributed by atoms with Crippen LogP contribution >= 0.6 is 0 Å². The monoisotopic (exact) mass is 338 g/mol. The highest BCUT2D eigenvalue weighted by Crippen LogP contribution is 2.34. The number of rotatable bonds is 2. The summed E-state index contributed by atoms with van der Waals surface area (Å²) in [5, 5.41) is 4.00. The largest absolute Gasteiger partial charge is 0.355 e. The van der Waals surface area contributed by atoms with Gasteiger partial charge in [-0.3, -0.25) is 9.59 Å². The van der Waals surface area contributed by atoms with Gasteiger partial charge in [-0.15, -0.1) is 0 Å². The van der Waals surface area contributed by atoms with Gasteiger partial charge >= 0.3 is 0 Å². The number of ketones is 1. The lowest BCUT2D eigenvalue weighted by atomic mass is 9.77. The number of Topliss-reactive ketones (excluding diaryl/α,β-unsaturated/α-hetero) is 1. The van der Waals surface area contributed by atoms with E-state index in [1.54, 1.807) is 6.07 Å². The SMILES string of the molecule is Cc1ccc(-c2cc(C(=O)N3CCC(=O)[C@@H]4CCCC[C@H]43)no2)cc1. The van der Waals surface area contributed by atoms with Crippen LogP contribution < -0.4 is 0 Å². The Bertz CT molecular complexity index is 794. The van der Waals surface area contributed by atoms with E-state index in [1.165, 1.54) is 5.56 Å². The molecule has 1 saturated carbocycles. The van der Waals surface area contributed by atoms with Crippen LogP contribution in [0.2, 0.25) is 0 Å². The molecule has 1 amide bonds. The van der Waals surface area contributed by atoms with E-state index in [-0.39, 0.29) is 17.9 Å². The molecule has 1 saturated heterocycles. The van der Waals surface area contributed by atoms with Crippen LogP contribution in [0.25, 0.3) is 11.3 Å². The number of likely N-dealkylation sites (tertiary alicyclic amines) is 1. The molecule has 1 aromatic heterocycles. The molecule has 25 heavy (non-hydrogen) atoms. The standard InChI is InChI=1S/C20H22N2O3/c1-13-6-8-14(9-7-13)19-12-16(21-25-19)20(24)22-11-10-18(23)15-4-2-3-5-17(15)22/h6-9,12,15,17H,2-5,10-11H2,1H3/t15-,17-/m1/s1. The van der Waals surface area contributed by atoms with Gasteiger partial charge in [0.2, 0.25) is 0 Å². The molecule has 0 spiro atoms. The van der Waals surface area contributed by atoms with Gasteiger partial charge in [0.05, 0.1) is 0 Å². The number of piperidine rings is 1. The van der Waals surface area contributed by atoms with Crippen LogP contribution in [-0.4, -0.2) is 34.3 Å². The van der Waals surface area contributed by atoms with E-state index in [4.69, 9.17) is 4.52 Å². The van der Waals surface area contributed by atoms with Crippen molar-refractivity contribution in [2.75, 3.05) is 6.54 Å². The average molecular weight is 338 g/mol. The van der Waals surface area contributed by atoms with Crippen molar-refractivity contribution in [2.24, 2.45) is 5.92 Å². The summed E-state index contributed by atoms with van der Waals surface area (Å²) in [6.07, 6.45) is 4.42. The summed E-state index contributed by atoms with van der Waals surface area (Å²) in [5.74, 6) is 0.798. The normalized spacial score (nSPS) is 23.4. The summed E-state index contributed by atoms with van der Waals surface area (Å²) in [4.78, 5) is 27.0. The van der Waals surface area contributed by atoms with E-state index in [9.17, 15) is 9.59 Å². The molecule has 0 radical (unpaired) electrons. The highest BCUT2D eigenvalue weighted by molar-refractivity contribution is 5.95. The van der Waals surface area contributed by atoms with E-state index in [0.29, 0.717) is 30.2 Å². The second kappa shape index (κ2) is 6.47. The minimum absolute atomic E-state index is 0.00919. The van der Waals surface area contributed by atoms with Crippen LogP contribution in [0.15, 0.2) is 34.9 Å². The lowest BCUT2D eigenvalue weighted by Crippen LogP contribution is -2.53. The molecular formula is C20H22N2O3. The zero-order chi connectivity index (χ0) is 17.4. The minimum Gasteiger partial charge on any atom is -0.355 e. The number of aryl methyl sites for hydroxylation is 1. The zero-order valence-electron chi connectivity index (χ0n) is 14.4. The average Bonchev–Trinajstić information content (AvgIpc) is 3.12. The minimum atomic E-state index is -0.119. The lowest BCUT2D eigenvalue weighted by Gasteiger charge is -2.42. The zero-order valence-corrected chi connectivity index (χ0v) is 14.4. The Kier molecular flexibility index (Phi) is 4.15. The number of hydrogen-bond donors (Lipinski definition) is 0. The van der Waals surface area contributed by atoms with Crippen molar-refractivity contribution in [3.05, 3.63) is 41.6 Å². The molecule has 0 bridgehead atoms. The van der Waals surface area contributed by atoms with Crippen molar-refractivity contribution < 1.29 is 14.1 Å². The van der Waals surface area contributed by atoms with Crippen molar-refractivity contribution in [1.82, 2.24) is 10.1 Å². The number of carbonyl (C=O) groups excluding carboxylic acids is 2. The molecule has 5 heteroatoms. The van der Waals surface area contributed by atoms with Gasteiger partial charge in [0.15, 0.2) is 11.5 Å². The molecule has 1 aliphatic heterocycles. The Hall–Kier alpha value is -2.43. The molecule has 1 aromatic carbocycles. The van der Waals surface area contributed by atoms with Crippen LogP contribution in [0.1, 0.15) is 48.2 Å². The smallest absolute Gasteiger partial charge is 0.276 e. The van der Waals surface area contributed by atoms with Crippen LogP contribution in [-0.2, 0) is 4.79 Å². The third-order valence-electron chi connectivity index (χ3n) is 5.47. The molecule has 4 rings (SSSR count). The first-order valence-corrected chi connectivity index (χ1v) is 9.01. The van der Waals surface area contributed by atoms with Crippen LogP contribution in [0.5, 0.6) is 0 Å². The Morgan fingerprint density at radius 2 is 1.96 bits per heavy atom. The Balaban J connectivity index is 1.56. The van der Waals surface area contributed by atoms with Crippen molar-refractivity contribution in [3.63, 3.8) is 0 Å². The Morgan fingerprint density at radius 1 is 1.20 bits per heavy atom. The van der Waals surface area contributed by atoms with Gasteiger partial charge in [0.1, 0.15) is 5.78 Å². The molecule has 5 nitrogen and oxygen atoms in total. The first kappa shape index (κ1) is 16.1. The number of fused-ring (bicyclic) bond motifs is 1. The van der Waals surface area contributed by atoms with E-state index >= 15 is 0 Å². The number of carbonyl (C=O) groups is 2. The summed E-state index contributed by atoms with van der Waals surface area (Å²) < 4.78 is 5.40. The van der Waals surface area contributed by atoms with Crippen molar-refractivity contribution in [1.29, 1.82) is 0 Å². The second-order valence-electron chi connectivity index (χ2n) is 7.12. The van der Waals surface area contributed by atoms with Crippen LogP contribution in [0.3, 0.4) is 0 Å². The summed E-state index contributed by atoms with van der Waals surface area (Å²) >= 11 is 0. The van der Waals surface area contributed by atoms with Gasteiger partial charge in [-0.25, -0.2) is 0 Å². The van der Waals surface area contributed by atoms with Crippen molar-refractivity contribution in [3.8, 4) is 11.3 Å². The summed E-state index contributed by atoms with van der Waals surface area (Å²) in [6, 6.07) is 9.66. The molecule has 2 aromatic rings. The second-order valence-corrected chi connectivity index (χ2v) is 7.12. The van der Waals surface area contributed by atoms with Crippen molar-refractivity contribution >= 4 is 11.7 Å². The van der Waals surface area contributed by atoms with Crippen LogP contribution in [0, 0.1) is 12.8 Å². The number of benzene rings is 1. The molecule has 2 atom stereocenters. The van der Waals surface area contributed by atoms with Gasteiger partial charge in [0, 0.05) is 36.6 Å². The van der Waals surface area contributed by atoms with Gasteiger partial charge < -0.3 is 9.42 Å².